The van der Waals surface area contributed by atoms with E-state index in [1.165, 1.54) is 6.92 Å². The summed E-state index contributed by atoms with van der Waals surface area (Å²) in [6.07, 6.45) is 1.12. The van der Waals surface area contributed by atoms with E-state index in [9.17, 15) is 14.4 Å². The van der Waals surface area contributed by atoms with Gasteiger partial charge in [0.15, 0.2) is 0 Å². The molecule has 0 aliphatic carbocycles. The van der Waals surface area contributed by atoms with Crippen LogP contribution in [0.1, 0.15) is 60.8 Å². The number of ketones is 2. The second-order valence-electron chi connectivity index (χ2n) is 5.59. The zero-order valence-electron chi connectivity index (χ0n) is 16.1. The zero-order chi connectivity index (χ0) is 19.0. The third kappa shape index (κ3) is 15.6. The molecular formula is C18H35NO5. The summed E-state index contributed by atoms with van der Waals surface area (Å²) in [6.45, 7) is 12.2. The fraction of sp³-hybridized carbons (Fsp3) is 0.833. The third-order valence-electron chi connectivity index (χ3n) is 3.06. The molecule has 0 bridgehead atoms. The average molecular weight is 345 g/mol. The fourth-order valence-corrected chi connectivity index (χ4v) is 1.59. The molecule has 0 radical (unpaired) electrons. The van der Waals surface area contributed by atoms with Crippen LogP contribution in [-0.4, -0.2) is 49.9 Å². The summed E-state index contributed by atoms with van der Waals surface area (Å²) >= 11 is 0. The van der Waals surface area contributed by atoms with Crippen molar-refractivity contribution in [1.82, 2.24) is 5.32 Å². The zero-order valence-corrected chi connectivity index (χ0v) is 16.1. The van der Waals surface area contributed by atoms with Crippen molar-refractivity contribution in [3.63, 3.8) is 0 Å². The van der Waals surface area contributed by atoms with E-state index in [1.54, 1.807) is 6.92 Å². The molecule has 6 heteroatoms. The Bertz CT molecular complexity index is 355. The van der Waals surface area contributed by atoms with Crippen LogP contribution in [0.25, 0.3) is 0 Å². The summed E-state index contributed by atoms with van der Waals surface area (Å²) in [7, 11) is 0. The van der Waals surface area contributed by atoms with Crippen LogP contribution in [0.5, 0.6) is 0 Å². The lowest BCUT2D eigenvalue weighted by atomic mass is 10.1. The van der Waals surface area contributed by atoms with E-state index < -0.39 is 0 Å². The van der Waals surface area contributed by atoms with Crippen molar-refractivity contribution in [2.75, 3.05) is 26.4 Å². The number of Topliss-reactive ketones (excluding diaryl/α,β-unsaturated/α-hetero) is 2. The summed E-state index contributed by atoms with van der Waals surface area (Å²) < 4.78 is 10.8. The van der Waals surface area contributed by atoms with Crippen LogP contribution in [0, 0.1) is 5.92 Å². The van der Waals surface area contributed by atoms with Crippen LogP contribution < -0.4 is 5.32 Å². The number of carbonyl (C=O) groups excluding carboxylic acids is 3. The highest BCUT2D eigenvalue weighted by Crippen LogP contribution is 2.00. The van der Waals surface area contributed by atoms with Crippen LogP contribution >= 0.6 is 0 Å². The Morgan fingerprint density at radius 3 is 1.88 bits per heavy atom. The minimum atomic E-state index is -0.270. The molecule has 0 aromatic carbocycles. The first kappa shape index (κ1) is 25.0. The molecular weight excluding hydrogens is 310 g/mol. The molecule has 0 saturated carbocycles. The largest absolute Gasteiger partial charge is 0.379 e. The predicted molar refractivity (Wildman–Crippen MR) is 95.0 cm³/mol. The Balaban J connectivity index is 0. The maximum absolute atomic E-state index is 11.5. The quantitative estimate of drug-likeness (QED) is 0.519. The highest BCUT2D eigenvalue weighted by molar-refractivity contribution is 5.80. The second kappa shape index (κ2) is 16.6. The molecule has 0 heterocycles. The molecule has 142 valence electrons. The second-order valence-corrected chi connectivity index (χ2v) is 5.59. The van der Waals surface area contributed by atoms with Crippen molar-refractivity contribution in [3.05, 3.63) is 0 Å². The number of hydrogen-bond acceptors (Lipinski definition) is 5. The molecule has 6 nitrogen and oxygen atoms in total. The van der Waals surface area contributed by atoms with Gasteiger partial charge in [0.25, 0.3) is 0 Å². The van der Waals surface area contributed by atoms with Gasteiger partial charge in [0, 0.05) is 25.2 Å². The first-order valence-electron chi connectivity index (χ1n) is 8.83. The molecule has 0 aromatic rings. The highest BCUT2D eigenvalue weighted by atomic mass is 16.5. The maximum Gasteiger partial charge on any atom is 0.220 e. The highest BCUT2D eigenvalue weighted by Gasteiger charge is 2.13. The molecule has 0 rings (SSSR count). The lowest BCUT2D eigenvalue weighted by Gasteiger charge is -2.18. The lowest BCUT2D eigenvalue weighted by Crippen LogP contribution is -2.41. The molecule has 0 aromatic heterocycles. The molecule has 0 fully saturated rings. The number of hydrogen-bond donors (Lipinski definition) is 1. The molecule has 0 saturated heterocycles. The average Bonchev–Trinajstić information content (AvgIpc) is 2.56. The van der Waals surface area contributed by atoms with Gasteiger partial charge in [0.2, 0.25) is 5.91 Å². The first-order chi connectivity index (χ1) is 11.4. The van der Waals surface area contributed by atoms with Gasteiger partial charge in [-0.3, -0.25) is 14.4 Å². The minimum absolute atomic E-state index is 0.00843. The van der Waals surface area contributed by atoms with Crippen molar-refractivity contribution in [3.8, 4) is 0 Å². The summed E-state index contributed by atoms with van der Waals surface area (Å²) in [4.78, 5) is 33.8. The molecule has 1 unspecified atom stereocenters. The molecule has 1 amide bonds. The van der Waals surface area contributed by atoms with Crippen LogP contribution in [-0.2, 0) is 23.9 Å². The van der Waals surface area contributed by atoms with Gasteiger partial charge in [-0.25, -0.2) is 0 Å². The van der Waals surface area contributed by atoms with Gasteiger partial charge in [-0.1, -0.05) is 34.6 Å². The van der Waals surface area contributed by atoms with Gasteiger partial charge in [-0.05, 0) is 6.92 Å². The fourth-order valence-electron chi connectivity index (χ4n) is 1.59. The third-order valence-corrected chi connectivity index (χ3v) is 3.06. The van der Waals surface area contributed by atoms with Crippen LogP contribution in [0.15, 0.2) is 0 Å². The van der Waals surface area contributed by atoms with Crippen LogP contribution in [0.4, 0.5) is 0 Å². The Labute approximate surface area is 146 Å². The van der Waals surface area contributed by atoms with Crippen molar-refractivity contribution >= 4 is 17.5 Å². The van der Waals surface area contributed by atoms with E-state index >= 15 is 0 Å². The monoisotopic (exact) mass is 345 g/mol. The Morgan fingerprint density at radius 1 is 0.958 bits per heavy atom. The van der Waals surface area contributed by atoms with E-state index in [0.717, 1.165) is 0 Å². The smallest absolute Gasteiger partial charge is 0.220 e. The number of rotatable bonds is 13. The van der Waals surface area contributed by atoms with Crippen molar-refractivity contribution in [1.29, 1.82) is 0 Å². The summed E-state index contributed by atoms with van der Waals surface area (Å²) in [5, 5.41) is 2.81. The summed E-state index contributed by atoms with van der Waals surface area (Å²) in [6, 6.07) is -0.270. The number of amides is 1. The van der Waals surface area contributed by atoms with Gasteiger partial charge in [0.05, 0.1) is 32.5 Å². The standard InChI is InChI=1S/C16H29NO5.C2H6/c1-5-16(20)17-14(10-21-8-6-13(4)18)11-22-9-7-15(19)12(2)3;1-2/h12,14H,5-11H2,1-4H3,(H,17,20);1-2H3. The predicted octanol–water partition coefficient (Wildman–Crippen LogP) is 2.53. The van der Waals surface area contributed by atoms with E-state index in [2.05, 4.69) is 5.32 Å². The van der Waals surface area contributed by atoms with Crippen molar-refractivity contribution in [2.45, 2.75) is 66.8 Å². The van der Waals surface area contributed by atoms with Crippen molar-refractivity contribution in [2.24, 2.45) is 5.92 Å². The number of nitrogens with one attached hydrogen (secondary N) is 1. The Morgan fingerprint density at radius 2 is 1.46 bits per heavy atom. The topological polar surface area (TPSA) is 81.7 Å². The van der Waals surface area contributed by atoms with Crippen LogP contribution in [0.3, 0.4) is 0 Å². The Kier molecular flexibility index (Phi) is 17.3. The van der Waals surface area contributed by atoms with Gasteiger partial charge in [-0.2, -0.15) is 0 Å². The summed E-state index contributed by atoms with van der Waals surface area (Å²) in [5.74, 6) is 0.153. The normalized spacial score (nSPS) is 11.5. The SMILES string of the molecule is CC.CCC(=O)NC(COCCC(C)=O)COCCC(=O)C(C)C. The van der Waals surface area contributed by atoms with Gasteiger partial charge in [0.1, 0.15) is 11.6 Å². The molecule has 0 aliphatic heterocycles. The molecule has 0 aliphatic rings. The first-order valence-corrected chi connectivity index (χ1v) is 8.83. The van der Waals surface area contributed by atoms with E-state index in [-0.39, 0.29) is 42.6 Å². The summed E-state index contributed by atoms with van der Waals surface area (Å²) in [5.41, 5.74) is 0. The Hall–Kier alpha value is -1.27. The van der Waals surface area contributed by atoms with Gasteiger partial charge in [-0.15, -0.1) is 0 Å². The number of carbonyl (C=O) groups is 3. The molecule has 1 N–H and O–H groups in total. The van der Waals surface area contributed by atoms with Crippen molar-refractivity contribution < 1.29 is 23.9 Å². The van der Waals surface area contributed by atoms with Gasteiger partial charge < -0.3 is 14.8 Å². The minimum Gasteiger partial charge on any atom is -0.379 e. The molecule has 0 spiro atoms. The number of ether oxygens (including phenoxy) is 2. The van der Waals surface area contributed by atoms with Crippen LogP contribution in [0.2, 0.25) is 0 Å². The van der Waals surface area contributed by atoms with E-state index in [0.29, 0.717) is 32.5 Å². The maximum atomic E-state index is 11.5. The van der Waals surface area contributed by atoms with Gasteiger partial charge >= 0.3 is 0 Å². The molecule has 1 atom stereocenters. The van der Waals surface area contributed by atoms with E-state index in [4.69, 9.17) is 9.47 Å². The van der Waals surface area contributed by atoms with E-state index in [1.807, 2.05) is 27.7 Å². The lowest BCUT2D eigenvalue weighted by molar-refractivity contribution is -0.124. The molecule has 24 heavy (non-hydrogen) atoms.